The average Bonchev–Trinajstić information content (AvgIpc) is 3.59. The molecule has 0 atom stereocenters. The Labute approximate surface area is 276 Å². The Balaban J connectivity index is 1.23. The molecule has 0 saturated carbocycles. The Morgan fingerprint density at radius 3 is 1.53 bits per heavy atom. The van der Waals surface area contributed by atoms with Crippen molar-refractivity contribution in [2.75, 3.05) is 4.90 Å². The van der Waals surface area contributed by atoms with E-state index in [0.717, 1.165) is 0 Å². The van der Waals surface area contributed by atoms with E-state index in [2.05, 4.69) is 183 Å². The van der Waals surface area contributed by atoms with E-state index in [0.29, 0.717) is 0 Å². The fraction of sp³-hybridized carbons (Fsp3) is 0.0870. The highest BCUT2D eigenvalue weighted by Crippen LogP contribution is 2.63. The molecule has 3 aliphatic rings. The SMILES string of the molecule is CC1(C)c2ccccc2N(c2ccc3c(c2)-c2ccccc2C32c3ccccc3-c3ccccc32)c2ccc(-c3ccccc3)cc21. The summed E-state index contributed by atoms with van der Waals surface area (Å²) >= 11 is 0. The van der Waals surface area contributed by atoms with Crippen molar-refractivity contribution >= 4 is 17.1 Å². The quantitative estimate of drug-likeness (QED) is 0.191. The molecule has 2 aliphatic carbocycles. The number of anilines is 3. The fourth-order valence-electron chi connectivity index (χ4n) is 9.02. The molecule has 0 bridgehead atoms. The third kappa shape index (κ3) is 3.39. The molecule has 0 radical (unpaired) electrons. The Morgan fingerprint density at radius 2 is 0.872 bits per heavy atom. The number of para-hydroxylation sites is 1. The van der Waals surface area contributed by atoms with Crippen molar-refractivity contribution in [1.82, 2.24) is 0 Å². The summed E-state index contributed by atoms with van der Waals surface area (Å²) in [7, 11) is 0. The summed E-state index contributed by atoms with van der Waals surface area (Å²) in [4.78, 5) is 2.50. The predicted molar refractivity (Wildman–Crippen MR) is 195 cm³/mol. The third-order valence-corrected chi connectivity index (χ3v) is 11.1. The summed E-state index contributed by atoms with van der Waals surface area (Å²) in [5, 5.41) is 0. The van der Waals surface area contributed by atoms with Gasteiger partial charge in [-0.1, -0.05) is 147 Å². The van der Waals surface area contributed by atoms with Crippen molar-refractivity contribution in [3.05, 3.63) is 197 Å². The Kier molecular flexibility index (Phi) is 5.33. The van der Waals surface area contributed by atoms with Gasteiger partial charge in [-0.25, -0.2) is 0 Å². The summed E-state index contributed by atoms with van der Waals surface area (Å²) in [6.45, 7) is 4.74. The van der Waals surface area contributed by atoms with E-state index < -0.39 is 0 Å². The first kappa shape index (κ1) is 26.5. The van der Waals surface area contributed by atoms with E-state index in [1.54, 1.807) is 0 Å². The van der Waals surface area contributed by atoms with E-state index in [9.17, 15) is 0 Å². The molecule has 222 valence electrons. The van der Waals surface area contributed by atoms with Crippen LogP contribution in [0, 0.1) is 0 Å². The zero-order valence-corrected chi connectivity index (χ0v) is 26.5. The Bertz CT molecular complexity index is 2350. The van der Waals surface area contributed by atoms with Crippen LogP contribution in [0.3, 0.4) is 0 Å². The maximum absolute atomic E-state index is 2.50. The lowest BCUT2D eigenvalue weighted by molar-refractivity contribution is 0.632. The minimum absolute atomic E-state index is 0.155. The van der Waals surface area contributed by atoms with Crippen LogP contribution in [0.15, 0.2) is 164 Å². The van der Waals surface area contributed by atoms with E-state index in [4.69, 9.17) is 0 Å². The standard InChI is InChI=1S/C46H33N/c1-45(2)41-22-12-13-23-43(41)47(44-27-24-31(28-42(44)45)30-14-4-3-5-15-30)32-25-26-40-36(29-32)35-18-8-11-21-39(35)46(40)37-19-9-6-16-33(37)34-17-7-10-20-38(34)46/h3-29H,1-2H3. The number of benzene rings is 7. The first-order valence-electron chi connectivity index (χ1n) is 16.6. The van der Waals surface area contributed by atoms with E-state index >= 15 is 0 Å². The minimum Gasteiger partial charge on any atom is -0.310 e. The van der Waals surface area contributed by atoms with Gasteiger partial charge in [0.2, 0.25) is 0 Å². The van der Waals surface area contributed by atoms with Crippen molar-refractivity contribution in [2.45, 2.75) is 24.7 Å². The van der Waals surface area contributed by atoms with Gasteiger partial charge < -0.3 is 4.90 Å². The third-order valence-electron chi connectivity index (χ3n) is 11.1. The van der Waals surface area contributed by atoms with Gasteiger partial charge in [0.25, 0.3) is 0 Å². The number of nitrogens with zero attached hydrogens (tertiary/aromatic N) is 1. The largest absolute Gasteiger partial charge is 0.310 e. The first-order valence-corrected chi connectivity index (χ1v) is 16.6. The Morgan fingerprint density at radius 1 is 0.362 bits per heavy atom. The van der Waals surface area contributed by atoms with Crippen LogP contribution in [0.2, 0.25) is 0 Å². The molecule has 1 spiro atoms. The molecule has 10 rings (SSSR count). The predicted octanol–water partition coefficient (Wildman–Crippen LogP) is 11.8. The van der Waals surface area contributed by atoms with Gasteiger partial charge in [0.15, 0.2) is 0 Å². The van der Waals surface area contributed by atoms with Gasteiger partial charge >= 0.3 is 0 Å². The normalized spacial score (nSPS) is 15.3. The zero-order valence-electron chi connectivity index (χ0n) is 26.5. The molecule has 0 fully saturated rings. The molecule has 7 aromatic carbocycles. The molecule has 0 unspecified atom stereocenters. The summed E-state index contributed by atoms with van der Waals surface area (Å²) < 4.78 is 0. The Hall–Kier alpha value is -5.66. The lowest BCUT2D eigenvalue weighted by Gasteiger charge is -2.42. The number of hydrogen-bond donors (Lipinski definition) is 0. The van der Waals surface area contributed by atoms with Crippen molar-refractivity contribution in [2.24, 2.45) is 0 Å². The average molecular weight is 600 g/mol. The van der Waals surface area contributed by atoms with Gasteiger partial charge in [-0.2, -0.15) is 0 Å². The van der Waals surface area contributed by atoms with Crippen LogP contribution in [-0.2, 0) is 10.8 Å². The maximum atomic E-state index is 2.50. The van der Waals surface area contributed by atoms with Crippen LogP contribution in [0.4, 0.5) is 17.1 Å². The van der Waals surface area contributed by atoms with E-state index in [1.165, 1.54) is 83.8 Å². The lowest BCUT2D eigenvalue weighted by atomic mass is 9.70. The van der Waals surface area contributed by atoms with Crippen molar-refractivity contribution < 1.29 is 0 Å². The highest BCUT2D eigenvalue weighted by molar-refractivity contribution is 5.97. The molecule has 1 heterocycles. The highest BCUT2D eigenvalue weighted by atomic mass is 15.2. The second-order valence-corrected chi connectivity index (χ2v) is 13.7. The number of hydrogen-bond acceptors (Lipinski definition) is 1. The molecule has 0 saturated heterocycles. The van der Waals surface area contributed by atoms with Crippen molar-refractivity contribution in [3.63, 3.8) is 0 Å². The first-order chi connectivity index (χ1) is 23.1. The lowest BCUT2D eigenvalue weighted by Crippen LogP contribution is -2.30. The van der Waals surface area contributed by atoms with Gasteiger partial charge in [0.05, 0.1) is 16.8 Å². The van der Waals surface area contributed by atoms with Crippen LogP contribution in [0.1, 0.15) is 47.2 Å². The van der Waals surface area contributed by atoms with Gasteiger partial charge in [0.1, 0.15) is 0 Å². The monoisotopic (exact) mass is 599 g/mol. The zero-order chi connectivity index (χ0) is 31.3. The van der Waals surface area contributed by atoms with E-state index in [1.807, 2.05) is 0 Å². The smallest absolute Gasteiger partial charge is 0.0725 e. The summed E-state index contributed by atoms with van der Waals surface area (Å²) in [5.41, 5.74) is 19.2. The summed E-state index contributed by atoms with van der Waals surface area (Å²) in [6.07, 6.45) is 0. The molecule has 0 aromatic heterocycles. The molecule has 47 heavy (non-hydrogen) atoms. The molecule has 0 amide bonds. The summed E-state index contributed by atoms with van der Waals surface area (Å²) in [5.74, 6) is 0. The van der Waals surface area contributed by atoms with Crippen LogP contribution < -0.4 is 4.90 Å². The molecule has 0 N–H and O–H groups in total. The van der Waals surface area contributed by atoms with E-state index in [-0.39, 0.29) is 10.8 Å². The highest BCUT2D eigenvalue weighted by Gasteiger charge is 2.51. The topological polar surface area (TPSA) is 3.24 Å². The second kappa shape index (κ2) is 9.44. The number of fused-ring (bicyclic) bond motifs is 12. The van der Waals surface area contributed by atoms with Gasteiger partial charge in [0, 0.05) is 11.1 Å². The van der Waals surface area contributed by atoms with Crippen molar-refractivity contribution in [1.29, 1.82) is 0 Å². The molecular weight excluding hydrogens is 567 g/mol. The van der Waals surface area contributed by atoms with Crippen LogP contribution in [0.5, 0.6) is 0 Å². The molecule has 1 heteroatoms. The van der Waals surface area contributed by atoms with Crippen LogP contribution in [-0.4, -0.2) is 0 Å². The second-order valence-electron chi connectivity index (χ2n) is 13.7. The maximum Gasteiger partial charge on any atom is 0.0725 e. The summed E-state index contributed by atoms with van der Waals surface area (Å²) in [6, 6.07) is 61.1. The fourth-order valence-corrected chi connectivity index (χ4v) is 9.02. The molecule has 1 aliphatic heterocycles. The van der Waals surface area contributed by atoms with Crippen molar-refractivity contribution in [3.8, 4) is 33.4 Å². The molecule has 7 aromatic rings. The minimum atomic E-state index is -0.331. The van der Waals surface area contributed by atoms with Crippen LogP contribution >= 0.6 is 0 Å². The van der Waals surface area contributed by atoms with Gasteiger partial charge in [-0.15, -0.1) is 0 Å². The molecular formula is C46H33N. The molecule has 1 nitrogen and oxygen atoms in total. The van der Waals surface area contributed by atoms with Crippen LogP contribution in [0.25, 0.3) is 33.4 Å². The van der Waals surface area contributed by atoms with Gasteiger partial charge in [-0.05, 0) is 97.1 Å². The number of rotatable bonds is 2. The van der Waals surface area contributed by atoms with Gasteiger partial charge in [-0.3, -0.25) is 0 Å².